The maximum atomic E-state index is 6.06. The van der Waals surface area contributed by atoms with Crippen molar-refractivity contribution in [3.05, 3.63) is 35.9 Å². The molecule has 0 radical (unpaired) electrons. The molecule has 1 aromatic carbocycles. The third kappa shape index (κ3) is 12.2. The highest BCUT2D eigenvalue weighted by atomic mass is 16.7. The molecule has 0 bridgehead atoms. The Hall–Kier alpha value is -0.860. The minimum Gasteiger partial charge on any atom is -0.348 e. The summed E-state index contributed by atoms with van der Waals surface area (Å²) in [6, 6.07) is 10.4. The summed E-state index contributed by atoms with van der Waals surface area (Å²) in [6.45, 7) is 6.10. The Bertz CT molecular complexity index is 359. The summed E-state index contributed by atoms with van der Waals surface area (Å²) >= 11 is 0. The molecule has 0 saturated carbocycles. The lowest BCUT2D eigenvalue weighted by Crippen LogP contribution is -2.11. The molecule has 144 valence electrons. The van der Waals surface area contributed by atoms with Crippen LogP contribution in [0.2, 0.25) is 0 Å². The molecule has 2 nitrogen and oxygen atoms in total. The first-order valence-electron chi connectivity index (χ1n) is 10.7. The van der Waals surface area contributed by atoms with E-state index in [0.717, 1.165) is 31.6 Å². The van der Waals surface area contributed by atoms with Gasteiger partial charge in [-0.15, -0.1) is 0 Å². The van der Waals surface area contributed by atoms with Crippen LogP contribution < -0.4 is 0 Å². The second kappa shape index (κ2) is 16.6. The molecule has 0 unspecified atom stereocenters. The minimum absolute atomic E-state index is 0.201. The van der Waals surface area contributed by atoms with E-state index in [2.05, 4.69) is 38.1 Å². The van der Waals surface area contributed by atoms with Crippen LogP contribution in [0, 0.1) is 0 Å². The van der Waals surface area contributed by atoms with E-state index in [1.54, 1.807) is 0 Å². The summed E-state index contributed by atoms with van der Waals surface area (Å²) in [5, 5.41) is 0. The molecule has 0 N–H and O–H groups in total. The van der Waals surface area contributed by atoms with E-state index in [1.165, 1.54) is 64.2 Å². The molecule has 0 aromatic heterocycles. The second-order valence-corrected chi connectivity index (χ2v) is 7.02. The summed E-state index contributed by atoms with van der Waals surface area (Å²) in [6.07, 6.45) is 15.3. The van der Waals surface area contributed by atoms with Gasteiger partial charge in [0.1, 0.15) is 0 Å². The third-order valence-electron chi connectivity index (χ3n) is 4.61. The van der Waals surface area contributed by atoms with Crippen LogP contribution in [0.15, 0.2) is 30.3 Å². The average molecular weight is 349 g/mol. The van der Waals surface area contributed by atoms with Gasteiger partial charge in [-0.05, 0) is 12.8 Å². The maximum Gasteiger partial charge on any atom is 0.183 e. The number of rotatable bonds is 17. The summed E-state index contributed by atoms with van der Waals surface area (Å²) in [4.78, 5) is 0. The monoisotopic (exact) mass is 348 g/mol. The number of benzene rings is 1. The van der Waals surface area contributed by atoms with Gasteiger partial charge < -0.3 is 9.47 Å². The van der Waals surface area contributed by atoms with Crippen molar-refractivity contribution in [3.8, 4) is 0 Å². The molecule has 0 amide bonds. The molecule has 0 atom stereocenters. The van der Waals surface area contributed by atoms with Crippen molar-refractivity contribution in [1.29, 1.82) is 0 Å². The van der Waals surface area contributed by atoms with Crippen LogP contribution in [0.3, 0.4) is 0 Å². The van der Waals surface area contributed by atoms with Gasteiger partial charge in [-0.1, -0.05) is 108 Å². The number of unbranched alkanes of at least 4 members (excludes halogenated alkanes) is 10. The fraction of sp³-hybridized carbons (Fsp3) is 0.739. The molecule has 1 rings (SSSR count). The predicted molar refractivity (Wildman–Crippen MR) is 108 cm³/mol. The zero-order valence-corrected chi connectivity index (χ0v) is 16.7. The Morgan fingerprint density at radius 2 is 1.04 bits per heavy atom. The highest BCUT2D eigenvalue weighted by molar-refractivity contribution is 5.15. The fourth-order valence-corrected chi connectivity index (χ4v) is 3.00. The van der Waals surface area contributed by atoms with E-state index in [-0.39, 0.29) is 6.29 Å². The third-order valence-corrected chi connectivity index (χ3v) is 4.61. The number of ether oxygens (including phenoxy) is 2. The van der Waals surface area contributed by atoms with Crippen LogP contribution in [0.5, 0.6) is 0 Å². The molecular formula is C23H40O2. The van der Waals surface area contributed by atoms with Gasteiger partial charge in [0.05, 0.1) is 13.2 Å². The van der Waals surface area contributed by atoms with Crippen LogP contribution in [0.25, 0.3) is 0 Å². The van der Waals surface area contributed by atoms with Crippen molar-refractivity contribution in [3.63, 3.8) is 0 Å². The van der Waals surface area contributed by atoms with Crippen molar-refractivity contribution < 1.29 is 9.47 Å². The maximum absolute atomic E-state index is 6.06. The molecular weight excluding hydrogens is 308 g/mol. The van der Waals surface area contributed by atoms with E-state index < -0.39 is 0 Å². The van der Waals surface area contributed by atoms with Gasteiger partial charge in [-0.3, -0.25) is 0 Å². The van der Waals surface area contributed by atoms with Crippen molar-refractivity contribution in [2.75, 3.05) is 13.2 Å². The normalized spacial score (nSPS) is 11.3. The first kappa shape index (κ1) is 22.2. The molecule has 1 aromatic rings. The summed E-state index contributed by atoms with van der Waals surface area (Å²) in [5.41, 5.74) is 1.14. The van der Waals surface area contributed by atoms with Gasteiger partial charge in [0.2, 0.25) is 0 Å². The van der Waals surface area contributed by atoms with E-state index in [0.29, 0.717) is 0 Å². The number of hydrogen-bond donors (Lipinski definition) is 0. The molecule has 0 aliphatic heterocycles. The topological polar surface area (TPSA) is 18.5 Å². The first-order valence-corrected chi connectivity index (χ1v) is 10.7. The molecule has 0 aliphatic rings. The summed E-state index contributed by atoms with van der Waals surface area (Å²) in [7, 11) is 0. The molecule has 0 heterocycles. The smallest absolute Gasteiger partial charge is 0.183 e. The Kier molecular flexibility index (Phi) is 14.7. The zero-order valence-electron chi connectivity index (χ0n) is 16.7. The minimum atomic E-state index is -0.201. The Morgan fingerprint density at radius 3 is 1.52 bits per heavy atom. The Balaban J connectivity index is 2.21. The van der Waals surface area contributed by atoms with Crippen molar-refractivity contribution >= 4 is 0 Å². The van der Waals surface area contributed by atoms with Gasteiger partial charge in [0.15, 0.2) is 6.29 Å². The highest BCUT2D eigenvalue weighted by Gasteiger charge is 2.11. The average Bonchev–Trinajstić information content (AvgIpc) is 2.65. The van der Waals surface area contributed by atoms with Gasteiger partial charge >= 0.3 is 0 Å². The molecule has 0 aliphatic carbocycles. The van der Waals surface area contributed by atoms with Gasteiger partial charge in [0.25, 0.3) is 0 Å². The quantitative estimate of drug-likeness (QED) is 0.215. The van der Waals surface area contributed by atoms with Crippen molar-refractivity contribution in [2.45, 2.75) is 97.2 Å². The Labute approximate surface area is 156 Å². The standard InChI is InChI=1S/C23H40O2/c1-3-5-7-9-11-16-20-24-23(22-18-14-13-15-19-22)25-21-17-12-10-8-6-4-2/h13-15,18-19,23H,3-12,16-17,20-21H2,1-2H3. The Morgan fingerprint density at radius 1 is 0.600 bits per heavy atom. The van der Waals surface area contributed by atoms with Crippen molar-refractivity contribution in [2.24, 2.45) is 0 Å². The number of hydrogen-bond acceptors (Lipinski definition) is 2. The van der Waals surface area contributed by atoms with Crippen molar-refractivity contribution in [1.82, 2.24) is 0 Å². The molecule has 0 fully saturated rings. The van der Waals surface area contributed by atoms with Gasteiger partial charge in [-0.2, -0.15) is 0 Å². The van der Waals surface area contributed by atoms with Gasteiger partial charge in [-0.25, -0.2) is 0 Å². The molecule has 0 spiro atoms. The van der Waals surface area contributed by atoms with Crippen LogP contribution in [-0.2, 0) is 9.47 Å². The van der Waals surface area contributed by atoms with Crippen LogP contribution in [0.1, 0.15) is 103 Å². The predicted octanol–water partition coefficient (Wildman–Crippen LogP) is 7.44. The van der Waals surface area contributed by atoms with Crippen LogP contribution in [-0.4, -0.2) is 13.2 Å². The van der Waals surface area contributed by atoms with Crippen LogP contribution in [0.4, 0.5) is 0 Å². The van der Waals surface area contributed by atoms with Crippen LogP contribution >= 0.6 is 0 Å². The SMILES string of the molecule is CCCCCCCCOC(OCCCCCCCC)c1ccccc1. The largest absolute Gasteiger partial charge is 0.348 e. The van der Waals surface area contributed by atoms with Gasteiger partial charge in [0, 0.05) is 5.56 Å². The van der Waals surface area contributed by atoms with E-state index in [1.807, 2.05) is 6.07 Å². The van der Waals surface area contributed by atoms with E-state index >= 15 is 0 Å². The summed E-state index contributed by atoms with van der Waals surface area (Å²) in [5.74, 6) is 0. The fourth-order valence-electron chi connectivity index (χ4n) is 3.00. The summed E-state index contributed by atoms with van der Waals surface area (Å²) < 4.78 is 12.1. The lowest BCUT2D eigenvalue weighted by atomic mass is 10.1. The van der Waals surface area contributed by atoms with E-state index in [9.17, 15) is 0 Å². The molecule has 2 heteroatoms. The lowest BCUT2D eigenvalue weighted by molar-refractivity contribution is -0.148. The lowest BCUT2D eigenvalue weighted by Gasteiger charge is -2.19. The first-order chi connectivity index (χ1) is 12.4. The molecule has 25 heavy (non-hydrogen) atoms. The zero-order chi connectivity index (χ0) is 18.0. The second-order valence-electron chi connectivity index (χ2n) is 7.02. The molecule has 0 saturated heterocycles. The van der Waals surface area contributed by atoms with E-state index in [4.69, 9.17) is 9.47 Å². The highest BCUT2D eigenvalue weighted by Crippen LogP contribution is 2.20.